The Morgan fingerprint density at radius 1 is 1.07 bits per heavy atom. The summed E-state index contributed by atoms with van der Waals surface area (Å²) in [5.74, 6) is 0. The van der Waals surface area contributed by atoms with Crippen molar-refractivity contribution in [2.75, 3.05) is 19.6 Å². The maximum atomic E-state index is 12.6. The third kappa shape index (κ3) is 5.36. The van der Waals surface area contributed by atoms with Gasteiger partial charge in [0.2, 0.25) is 0 Å². The van der Waals surface area contributed by atoms with Gasteiger partial charge in [-0.3, -0.25) is 4.90 Å². The van der Waals surface area contributed by atoms with E-state index in [9.17, 15) is 10.1 Å². The van der Waals surface area contributed by atoms with Crippen LogP contribution in [0.25, 0.3) is 0 Å². The molecular formula is C24H29N3O2. The van der Waals surface area contributed by atoms with Crippen LogP contribution in [0.5, 0.6) is 0 Å². The Morgan fingerprint density at radius 2 is 1.62 bits per heavy atom. The Balaban J connectivity index is 1.88. The van der Waals surface area contributed by atoms with Crippen molar-refractivity contribution in [3.8, 4) is 6.07 Å². The van der Waals surface area contributed by atoms with Gasteiger partial charge in [0.15, 0.2) is 0 Å². The quantitative estimate of drug-likeness (QED) is 0.764. The fourth-order valence-electron chi connectivity index (χ4n) is 3.83. The summed E-state index contributed by atoms with van der Waals surface area (Å²) in [6.45, 7) is 7.35. The van der Waals surface area contributed by atoms with Crippen LogP contribution < -0.4 is 0 Å². The third-order valence-corrected chi connectivity index (χ3v) is 5.07. The molecule has 1 heterocycles. The number of nitrogens with zero attached hydrogens (tertiary/aromatic N) is 3. The van der Waals surface area contributed by atoms with E-state index in [-0.39, 0.29) is 18.2 Å². The molecule has 0 aliphatic carbocycles. The van der Waals surface area contributed by atoms with Crippen LogP contribution in [0.4, 0.5) is 4.79 Å². The van der Waals surface area contributed by atoms with Crippen LogP contribution in [0.1, 0.15) is 44.4 Å². The summed E-state index contributed by atoms with van der Waals surface area (Å²) >= 11 is 0. The third-order valence-electron chi connectivity index (χ3n) is 5.07. The second-order valence-electron chi connectivity index (χ2n) is 8.40. The van der Waals surface area contributed by atoms with Crippen molar-refractivity contribution < 1.29 is 9.53 Å². The summed E-state index contributed by atoms with van der Waals surface area (Å²) in [6.07, 6.45) is 0.0474. The van der Waals surface area contributed by atoms with Gasteiger partial charge >= 0.3 is 6.09 Å². The van der Waals surface area contributed by atoms with Crippen LogP contribution in [0.2, 0.25) is 0 Å². The van der Waals surface area contributed by atoms with Crippen LogP contribution in [-0.2, 0) is 4.74 Å². The molecule has 1 aliphatic heterocycles. The number of hydrogen-bond donors (Lipinski definition) is 0. The molecule has 2 aromatic rings. The van der Waals surface area contributed by atoms with Gasteiger partial charge in [-0.15, -0.1) is 0 Å². The zero-order valence-corrected chi connectivity index (χ0v) is 17.4. The van der Waals surface area contributed by atoms with E-state index in [2.05, 4.69) is 35.2 Å². The molecule has 0 radical (unpaired) electrons. The van der Waals surface area contributed by atoms with Gasteiger partial charge in [-0.25, -0.2) is 4.79 Å². The molecule has 0 aromatic heterocycles. The minimum atomic E-state index is -0.532. The van der Waals surface area contributed by atoms with Crippen molar-refractivity contribution >= 4 is 6.09 Å². The minimum absolute atomic E-state index is 0.0385. The highest BCUT2D eigenvalue weighted by Crippen LogP contribution is 2.33. The van der Waals surface area contributed by atoms with E-state index in [4.69, 9.17) is 4.74 Å². The highest BCUT2D eigenvalue weighted by atomic mass is 16.6. The predicted octanol–water partition coefficient (Wildman–Crippen LogP) is 4.61. The number of amides is 1. The van der Waals surface area contributed by atoms with E-state index in [1.54, 1.807) is 4.90 Å². The number of piperazine rings is 1. The van der Waals surface area contributed by atoms with Crippen LogP contribution in [0, 0.1) is 11.3 Å². The number of benzene rings is 2. The number of carbonyl (C=O) groups excluding carboxylic acids is 1. The maximum Gasteiger partial charge on any atom is 0.410 e. The molecule has 3 rings (SSSR count). The lowest BCUT2D eigenvalue weighted by atomic mass is 9.94. The summed E-state index contributed by atoms with van der Waals surface area (Å²) in [5.41, 5.74) is 1.84. The SMILES string of the molecule is CC(C)(C)OC(=O)N1CCN(C(c2ccccc2)c2ccccc2)[C@@H](CC#N)C1. The Morgan fingerprint density at radius 3 is 2.10 bits per heavy atom. The molecule has 29 heavy (non-hydrogen) atoms. The maximum absolute atomic E-state index is 12.6. The first-order chi connectivity index (χ1) is 13.9. The number of carbonyl (C=O) groups is 1. The normalized spacial score (nSPS) is 17.8. The topological polar surface area (TPSA) is 56.6 Å². The molecule has 5 nitrogen and oxygen atoms in total. The van der Waals surface area contributed by atoms with E-state index in [1.165, 1.54) is 11.1 Å². The number of hydrogen-bond acceptors (Lipinski definition) is 4. The lowest BCUT2D eigenvalue weighted by molar-refractivity contribution is -0.00102. The molecule has 1 atom stereocenters. The van der Waals surface area contributed by atoms with Gasteiger partial charge in [-0.1, -0.05) is 60.7 Å². The van der Waals surface area contributed by atoms with Gasteiger partial charge < -0.3 is 9.64 Å². The predicted molar refractivity (Wildman–Crippen MR) is 113 cm³/mol. The average molecular weight is 392 g/mol. The molecule has 0 saturated carbocycles. The molecule has 1 fully saturated rings. The average Bonchev–Trinajstić information content (AvgIpc) is 2.70. The summed E-state index contributed by atoms with van der Waals surface area (Å²) in [5, 5.41) is 9.46. The standard InChI is InChI=1S/C24H29N3O2/c1-24(2,3)29-23(28)26-16-17-27(21(18-26)14-15-25)22(19-10-6-4-7-11-19)20-12-8-5-9-13-20/h4-13,21-22H,14,16-18H2,1-3H3/t21-/m0/s1. The first-order valence-electron chi connectivity index (χ1n) is 10.1. The molecule has 152 valence electrons. The second-order valence-corrected chi connectivity index (χ2v) is 8.40. The van der Waals surface area contributed by atoms with Crippen molar-refractivity contribution in [3.05, 3.63) is 71.8 Å². The number of ether oxygens (including phenoxy) is 1. The van der Waals surface area contributed by atoms with E-state index in [1.807, 2.05) is 57.2 Å². The zero-order valence-electron chi connectivity index (χ0n) is 17.4. The molecule has 1 amide bonds. The molecule has 0 unspecified atom stereocenters. The Hall–Kier alpha value is -2.84. The van der Waals surface area contributed by atoms with Crippen molar-refractivity contribution in [1.82, 2.24) is 9.80 Å². The summed E-state index contributed by atoms with van der Waals surface area (Å²) < 4.78 is 5.55. The fraction of sp³-hybridized carbons (Fsp3) is 0.417. The van der Waals surface area contributed by atoms with E-state index >= 15 is 0 Å². The lowest BCUT2D eigenvalue weighted by Gasteiger charge is -2.45. The fourth-order valence-corrected chi connectivity index (χ4v) is 3.83. The molecule has 0 spiro atoms. The van der Waals surface area contributed by atoms with Crippen LogP contribution in [0.15, 0.2) is 60.7 Å². The molecule has 1 saturated heterocycles. The van der Waals surface area contributed by atoms with Crippen molar-refractivity contribution in [2.24, 2.45) is 0 Å². The molecular weight excluding hydrogens is 362 g/mol. The largest absolute Gasteiger partial charge is 0.444 e. The van der Waals surface area contributed by atoms with Gasteiger partial charge in [0.05, 0.1) is 18.5 Å². The van der Waals surface area contributed by atoms with Crippen LogP contribution >= 0.6 is 0 Å². The summed E-state index contributed by atoms with van der Waals surface area (Å²) in [4.78, 5) is 16.7. The molecule has 0 N–H and O–H groups in total. The van der Waals surface area contributed by atoms with Gasteiger partial charge in [0.25, 0.3) is 0 Å². The minimum Gasteiger partial charge on any atom is -0.444 e. The van der Waals surface area contributed by atoms with E-state index < -0.39 is 5.60 Å². The van der Waals surface area contributed by atoms with Crippen molar-refractivity contribution in [2.45, 2.75) is 44.9 Å². The monoisotopic (exact) mass is 391 g/mol. The van der Waals surface area contributed by atoms with E-state index in [0.29, 0.717) is 26.1 Å². The highest BCUT2D eigenvalue weighted by molar-refractivity contribution is 5.68. The van der Waals surface area contributed by atoms with Gasteiger partial charge in [-0.05, 0) is 31.9 Å². The second kappa shape index (κ2) is 9.11. The van der Waals surface area contributed by atoms with Gasteiger partial charge in [-0.2, -0.15) is 5.26 Å². The van der Waals surface area contributed by atoms with Crippen LogP contribution in [0.3, 0.4) is 0 Å². The molecule has 1 aliphatic rings. The highest BCUT2D eigenvalue weighted by Gasteiger charge is 2.36. The van der Waals surface area contributed by atoms with Crippen molar-refractivity contribution in [1.29, 1.82) is 5.26 Å². The Kier molecular flexibility index (Phi) is 6.56. The Bertz CT molecular complexity index is 800. The zero-order chi connectivity index (χ0) is 20.9. The van der Waals surface area contributed by atoms with Gasteiger partial charge in [0.1, 0.15) is 5.60 Å². The van der Waals surface area contributed by atoms with E-state index in [0.717, 1.165) is 0 Å². The molecule has 5 heteroatoms. The Labute approximate surface area is 173 Å². The first kappa shape index (κ1) is 20.9. The molecule has 0 bridgehead atoms. The number of rotatable bonds is 4. The van der Waals surface area contributed by atoms with Gasteiger partial charge in [0, 0.05) is 25.7 Å². The smallest absolute Gasteiger partial charge is 0.410 e. The van der Waals surface area contributed by atoms with Crippen LogP contribution in [-0.4, -0.2) is 47.2 Å². The summed E-state index contributed by atoms with van der Waals surface area (Å²) in [6, 6.07) is 23.0. The number of nitriles is 1. The first-order valence-corrected chi connectivity index (χ1v) is 10.1. The lowest BCUT2D eigenvalue weighted by Crippen LogP contribution is -2.56. The summed E-state index contributed by atoms with van der Waals surface area (Å²) in [7, 11) is 0. The molecule has 2 aromatic carbocycles. The van der Waals surface area contributed by atoms with Crippen molar-refractivity contribution in [3.63, 3.8) is 0 Å².